The highest BCUT2D eigenvalue weighted by atomic mass is 32.2. The minimum absolute atomic E-state index is 0.256. The van der Waals surface area contributed by atoms with Gasteiger partial charge >= 0.3 is 5.97 Å². The van der Waals surface area contributed by atoms with E-state index >= 15 is 0 Å². The minimum Gasteiger partial charge on any atom is -0.461 e. The second kappa shape index (κ2) is 9.12. The molecule has 0 bridgehead atoms. The van der Waals surface area contributed by atoms with Crippen LogP contribution in [0.15, 0.2) is 71.1 Å². The van der Waals surface area contributed by atoms with Gasteiger partial charge in [-0.1, -0.05) is 30.3 Å². The summed E-state index contributed by atoms with van der Waals surface area (Å²) in [6, 6.07) is 17.2. The molecule has 2 aromatic carbocycles. The number of esters is 1. The van der Waals surface area contributed by atoms with Gasteiger partial charge < -0.3 is 9.47 Å². The summed E-state index contributed by atoms with van der Waals surface area (Å²) in [6.07, 6.45) is 1.75. The number of aromatic nitrogens is 3. The normalized spacial score (nSPS) is 10.7. The number of rotatable bonds is 7. The molecule has 0 aliphatic heterocycles. The molecule has 30 heavy (non-hydrogen) atoms. The summed E-state index contributed by atoms with van der Waals surface area (Å²) in [7, 11) is 0. The number of ether oxygens (including phenoxy) is 2. The van der Waals surface area contributed by atoms with Crippen molar-refractivity contribution in [2.75, 3.05) is 6.61 Å². The Hall–Kier alpha value is -3.14. The maximum absolute atomic E-state index is 11.9. The molecular formula is C21H18N4O3S2. The third-order valence-electron chi connectivity index (χ3n) is 4.09. The van der Waals surface area contributed by atoms with Crippen LogP contribution >= 0.6 is 23.3 Å². The van der Waals surface area contributed by atoms with Gasteiger partial charge in [-0.3, -0.25) is 5.14 Å². The molecule has 2 aromatic heterocycles. The van der Waals surface area contributed by atoms with Crippen LogP contribution in [0.25, 0.3) is 16.4 Å². The average molecular weight is 439 g/mol. The fourth-order valence-corrected chi connectivity index (χ4v) is 3.72. The Morgan fingerprint density at radius 2 is 1.93 bits per heavy atom. The van der Waals surface area contributed by atoms with Gasteiger partial charge in [0.25, 0.3) is 0 Å². The van der Waals surface area contributed by atoms with Crippen molar-refractivity contribution in [3.05, 3.63) is 71.9 Å². The molecule has 7 nitrogen and oxygen atoms in total. The Balaban J connectivity index is 1.70. The van der Waals surface area contributed by atoms with Crippen LogP contribution in [0.5, 0.6) is 11.5 Å². The molecule has 4 aromatic rings. The number of carbonyl (C=O) groups is 1. The highest BCUT2D eigenvalue weighted by molar-refractivity contribution is 7.97. The third kappa shape index (κ3) is 4.38. The maximum atomic E-state index is 11.9. The summed E-state index contributed by atoms with van der Waals surface area (Å²) >= 11 is 2.48. The fourth-order valence-electron chi connectivity index (χ4n) is 2.71. The second-order valence-corrected chi connectivity index (χ2v) is 7.62. The maximum Gasteiger partial charge on any atom is 0.357 e. The lowest BCUT2D eigenvalue weighted by molar-refractivity contribution is 0.0520. The molecule has 0 unspecified atom stereocenters. The van der Waals surface area contributed by atoms with Crippen molar-refractivity contribution in [3.63, 3.8) is 0 Å². The predicted molar refractivity (Wildman–Crippen MR) is 117 cm³/mol. The molecule has 0 fully saturated rings. The van der Waals surface area contributed by atoms with Crippen molar-refractivity contribution < 1.29 is 14.3 Å². The summed E-state index contributed by atoms with van der Waals surface area (Å²) in [5.41, 5.74) is 1.83. The number of carbonyl (C=O) groups excluding carboxylic acids is 1. The molecule has 152 valence electrons. The molecular weight excluding hydrogens is 420 g/mol. The Morgan fingerprint density at radius 1 is 1.17 bits per heavy atom. The SMILES string of the molecule is CCOC(=O)c1csc(-n2cc(Oc3ccc(SN)cc3)c(-c3ccccc3)n2)n1. The summed E-state index contributed by atoms with van der Waals surface area (Å²) in [5.74, 6) is 0.780. The van der Waals surface area contributed by atoms with Gasteiger partial charge in [-0.25, -0.2) is 14.5 Å². The molecule has 0 aliphatic carbocycles. The van der Waals surface area contributed by atoms with E-state index in [-0.39, 0.29) is 5.69 Å². The molecule has 2 N–H and O–H groups in total. The van der Waals surface area contributed by atoms with E-state index in [4.69, 9.17) is 14.6 Å². The third-order valence-corrected chi connectivity index (χ3v) is 5.46. The lowest BCUT2D eigenvalue weighted by Gasteiger charge is -2.06. The van der Waals surface area contributed by atoms with Crippen LogP contribution < -0.4 is 9.88 Å². The van der Waals surface area contributed by atoms with Gasteiger partial charge in [0.1, 0.15) is 11.4 Å². The van der Waals surface area contributed by atoms with E-state index in [1.165, 1.54) is 23.3 Å². The number of thiazole rings is 1. The highest BCUT2D eigenvalue weighted by Gasteiger charge is 2.18. The number of benzene rings is 2. The van der Waals surface area contributed by atoms with E-state index in [1.54, 1.807) is 23.2 Å². The van der Waals surface area contributed by atoms with Gasteiger partial charge in [-0.15, -0.1) is 11.3 Å². The first-order valence-electron chi connectivity index (χ1n) is 9.10. The largest absolute Gasteiger partial charge is 0.461 e. The van der Waals surface area contributed by atoms with Gasteiger partial charge in [-0.2, -0.15) is 5.10 Å². The van der Waals surface area contributed by atoms with Crippen molar-refractivity contribution in [2.24, 2.45) is 5.14 Å². The van der Waals surface area contributed by atoms with Gasteiger partial charge in [0.2, 0.25) is 5.13 Å². The molecule has 0 saturated carbocycles. The molecule has 0 atom stereocenters. The first-order chi connectivity index (χ1) is 14.7. The quantitative estimate of drug-likeness (QED) is 0.323. The molecule has 4 rings (SSSR count). The van der Waals surface area contributed by atoms with E-state index in [1.807, 2.05) is 54.6 Å². The predicted octanol–water partition coefficient (Wildman–Crippen LogP) is 4.93. The van der Waals surface area contributed by atoms with Gasteiger partial charge in [0, 0.05) is 15.8 Å². The van der Waals surface area contributed by atoms with Crippen molar-refractivity contribution in [1.82, 2.24) is 14.8 Å². The molecule has 0 aliphatic rings. The summed E-state index contributed by atoms with van der Waals surface area (Å²) in [6.45, 7) is 2.05. The van der Waals surface area contributed by atoms with E-state index in [0.29, 0.717) is 28.9 Å². The molecule has 0 amide bonds. The van der Waals surface area contributed by atoms with Crippen LogP contribution in [-0.4, -0.2) is 27.3 Å². The number of nitrogens with zero attached hydrogens (tertiary/aromatic N) is 3. The number of hydrogen-bond acceptors (Lipinski definition) is 8. The highest BCUT2D eigenvalue weighted by Crippen LogP contribution is 2.34. The minimum atomic E-state index is -0.454. The van der Waals surface area contributed by atoms with Gasteiger partial charge in [-0.05, 0) is 43.1 Å². The molecule has 0 spiro atoms. The zero-order valence-corrected chi connectivity index (χ0v) is 17.7. The van der Waals surface area contributed by atoms with E-state index in [2.05, 4.69) is 10.1 Å². The van der Waals surface area contributed by atoms with Crippen molar-refractivity contribution in [1.29, 1.82) is 0 Å². The first kappa shape index (κ1) is 20.1. The monoisotopic (exact) mass is 438 g/mol. The Bertz CT molecular complexity index is 1140. The van der Waals surface area contributed by atoms with Crippen molar-refractivity contribution in [2.45, 2.75) is 11.8 Å². The lowest BCUT2D eigenvalue weighted by atomic mass is 10.1. The van der Waals surface area contributed by atoms with E-state index in [0.717, 1.165) is 10.5 Å². The molecule has 9 heteroatoms. The van der Waals surface area contributed by atoms with Gasteiger partial charge in [0.15, 0.2) is 11.4 Å². The smallest absolute Gasteiger partial charge is 0.357 e. The number of nitrogens with two attached hydrogens (primary N) is 1. The Morgan fingerprint density at radius 3 is 2.63 bits per heavy atom. The van der Waals surface area contributed by atoms with Crippen LogP contribution in [0.4, 0.5) is 0 Å². The average Bonchev–Trinajstić information content (AvgIpc) is 3.43. The Kier molecular flexibility index (Phi) is 6.12. The molecule has 0 radical (unpaired) electrons. The van der Waals surface area contributed by atoms with Gasteiger partial charge in [0.05, 0.1) is 12.8 Å². The molecule has 2 heterocycles. The number of hydrogen-bond donors (Lipinski definition) is 1. The Labute approximate surface area is 181 Å². The zero-order valence-electron chi connectivity index (χ0n) is 16.0. The standard InChI is InChI=1S/C21H18N4O3S2/c1-2-27-20(26)17-13-29-21(23-17)25-12-18(19(24-25)14-6-4-3-5-7-14)28-15-8-10-16(30-22)11-9-15/h3-13H,2,22H2,1H3. The molecule has 0 saturated heterocycles. The van der Waals surface area contributed by atoms with Crippen LogP contribution in [0.1, 0.15) is 17.4 Å². The van der Waals surface area contributed by atoms with Crippen molar-refractivity contribution in [3.8, 4) is 27.9 Å². The fraction of sp³-hybridized carbons (Fsp3) is 0.0952. The van der Waals surface area contributed by atoms with Crippen LogP contribution in [0, 0.1) is 0 Å². The van der Waals surface area contributed by atoms with E-state index < -0.39 is 5.97 Å². The summed E-state index contributed by atoms with van der Waals surface area (Å²) < 4.78 is 12.7. The van der Waals surface area contributed by atoms with Crippen LogP contribution in [0.2, 0.25) is 0 Å². The van der Waals surface area contributed by atoms with Crippen LogP contribution in [0.3, 0.4) is 0 Å². The van der Waals surface area contributed by atoms with E-state index in [9.17, 15) is 4.79 Å². The first-order valence-corrected chi connectivity index (χ1v) is 10.9. The lowest BCUT2D eigenvalue weighted by Crippen LogP contribution is -2.05. The van der Waals surface area contributed by atoms with Crippen molar-refractivity contribution >= 4 is 29.3 Å². The summed E-state index contributed by atoms with van der Waals surface area (Å²) in [4.78, 5) is 17.2. The summed E-state index contributed by atoms with van der Waals surface area (Å²) in [5, 5.41) is 12.4. The van der Waals surface area contributed by atoms with Crippen LogP contribution in [-0.2, 0) is 4.74 Å². The second-order valence-electron chi connectivity index (χ2n) is 6.08. The topological polar surface area (TPSA) is 92.3 Å². The zero-order chi connectivity index (χ0) is 20.9.